The van der Waals surface area contributed by atoms with E-state index in [0.29, 0.717) is 28.9 Å². The highest BCUT2D eigenvalue weighted by Crippen LogP contribution is 2.19. The van der Waals surface area contributed by atoms with Crippen LogP contribution in [-0.2, 0) is 11.8 Å². The Balaban J connectivity index is 0.000000186. The van der Waals surface area contributed by atoms with Gasteiger partial charge in [-0.2, -0.15) is 0 Å². The third-order valence-electron chi connectivity index (χ3n) is 3.62. The topological polar surface area (TPSA) is 46.2 Å². The van der Waals surface area contributed by atoms with Gasteiger partial charge < -0.3 is 5.32 Å². The summed E-state index contributed by atoms with van der Waals surface area (Å²) in [5.74, 6) is 0.968. The van der Waals surface area contributed by atoms with E-state index in [9.17, 15) is 9.59 Å². The molecule has 2 aromatic rings. The number of benzene rings is 2. The number of hydrogen-bond acceptors (Lipinski definition) is 2. The van der Waals surface area contributed by atoms with Crippen LogP contribution in [0.2, 0.25) is 0 Å². The molecule has 0 aliphatic heterocycles. The van der Waals surface area contributed by atoms with Gasteiger partial charge in [-0.1, -0.05) is 24.3 Å². The lowest BCUT2D eigenvalue weighted by Gasteiger charge is -2.03. The van der Waals surface area contributed by atoms with Crippen LogP contribution in [-0.4, -0.2) is 17.2 Å². The molecule has 3 rings (SSSR count). The van der Waals surface area contributed by atoms with Gasteiger partial charge in [0.2, 0.25) is 0 Å². The summed E-state index contributed by atoms with van der Waals surface area (Å²) in [5.41, 5.74) is 3.23. The molecule has 25 heavy (non-hydrogen) atoms. The van der Waals surface area contributed by atoms with Crippen LogP contribution < -0.4 is 5.32 Å². The van der Waals surface area contributed by atoms with Crippen molar-refractivity contribution in [2.75, 3.05) is 0 Å². The third-order valence-corrected chi connectivity index (χ3v) is 4.45. The molecule has 3 nitrogen and oxygen atoms in total. The zero-order chi connectivity index (χ0) is 18.2. The Morgan fingerprint density at radius 3 is 1.64 bits per heavy atom. The van der Waals surface area contributed by atoms with Crippen LogP contribution >= 0.6 is 34.8 Å². The summed E-state index contributed by atoms with van der Waals surface area (Å²) in [4.78, 5) is 22.1. The number of rotatable bonds is 5. The molecule has 1 aliphatic rings. The Bertz CT molecular complexity index is 710. The minimum atomic E-state index is -0.439. The van der Waals surface area contributed by atoms with Gasteiger partial charge in [0.1, 0.15) is 0 Å². The van der Waals surface area contributed by atoms with Crippen molar-refractivity contribution in [1.82, 2.24) is 5.32 Å². The molecule has 0 atom stereocenters. The molecule has 1 N–H and O–H groups in total. The minimum absolute atomic E-state index is 0.0219. The summed E-state index contributed by atoms with van der Waals surface area (Å²) in [5, 5.41) is 2.50. The summed E-state index contributed by atoms with van der Waals surface area (Å²) in [6, 6.07) is 14.7. The van der Waals surface area contributed by atoms with Crippen molar-refractivity contribution in [3.63, 3.8) is 0 Å². The van der Waals surface area contributed by atoms with Gasteiger partial charge in [0, 0.05) is 28.9 Å². The molecular formula is C19H18Cl3NO2. The summed E-state index contributed by atoms with van der Waals surface area (Å²) in [7, 11) is 0. The SMILES string of the molecule is O=C(Cl)c1ccc(CCl)cc1.O=C(NC1CC1)c1ccc(CCl)cc1. The molecule has 0 unspecified atom stereocenters. The maximum atomic E-state index is 11.6. The molecule has 0 radical (unpaired) electrons. The molecule has 0 heterocycles. The molecule has 0 aromatic heterocycles. The smallest absolute Gasteiger partial charge is 0.252 e. The Morgan fingerprint density at radius 1 is 0.840 bits per heavy atom. The first kappa shape index (κ1) is 19.8. The van der Waals surface area contributed by atoms with Crippen LogP contribution in [0.5, 0.6) is 0 Å². The van der Waals surface area contributed by atoms with E-state index in [1.165, 1.54) is 0 Å². The zero-order valence-electron chi connectivity index (χ0n) is 13.5. The number of hydrogen-bond donors (Lipinski definition) is 1. The van der Waals surface area contributed by atoms with Gasteiger partial charge in [0.15, 0.2) is 0 Å². The first-order valence-electron chi connectivity index (χ1n) is 7.84. The fourth-order valence-corrected chi connectivity index (χ4v) is 2.45. The predicted molar refractivity (Wildman–Crippen MR) is 103 cm³/mol. The van der Waals surface area contributed by atoms with Gasteiger partial charge in [-0.3, -0.25) is 9.59 Å². The minimum Gasteiger partial charge on any atom is -0.349 e. The average Bonchev–Trinajstić information content (AvgIpc) is 3.46. The lowest BCUT2D eigenvalue weighted by atomic mass is 10.1. The second kappa shape index (κ2) is 9.81. The summed E-state index contributed by atoms with van der Waals surface area (Å²) in [6.07, 6.45) is 2.23. The molecule has 1 fully saturated rings. The van der Waals surface area contributed by atoms with Gasteiger partial charge in [-0.05, 0) is 59.8 Å². The second-order valence-electron chi connectivity index (χ2n) is 5.68. The van der Waals surface area contributed by atoms with Crippen LogP contribution in [0.1, 0.15) is 44.7 Å². The van der Waals surface area contributed by atoms with Crippen LogP contribution in [0.4, 0.5) is 0 Å². The molecule has 132 valence electrons. The third kappa shape index (κ3) is 6.69. The molecule has 0 saturated heterocycles. The average molecular weight is 399 g/mol. The fourth-order valence-electron chi connectivity index (χ4n) is 1.97. The van der Waals surface area contributed by atoms with Gasteiger partial charge in [-0.25, -0.2) is 0 Å². The Morgan fingerprint density at radius 2 is 1.28 bits per heavy atom. The van der Waals surface area contributed by atoms with E-state index in [4.69, 9.17) is 34.8 Å². The largest absolute Gasteiger partial charge is 0.349 e. The summed E-state index contributed by atoms with van der Waals surface area (Å²) >= 11 is 16.4. The standard InChI is InChI=1S/C11H12ClNO.C8H6Cl2O/c12-7-8-1-3-9(4-2-8)11(14)13-10-5-6-10;9-5-6-1-3-7(4-2-6)8(10)11/h1-4,10H,5-7H2,(H,13,14);1-4H,5H2. The predicted octanol–water partition coefficient (Wildman–Crippen LogP) is 5.12. The van der Waals surface area contributed by atoms with Crippen molar-refractivity contribution in [3.05, 3.63) is 70.8 Å². The molecule has 0 bridgehead atoms. The highest BCUT2D eigenvalue weighted by Gasteiger charge is 2.23. The van der Waals surface area contributed by atoms with Crippen molar-refractivity contribution in [3.8, 4) is 0 Å². The number of nitrogens with one attached hydrogen (secondary N) is 1. The maximum Gasteiger partial charge on any atom is 0.252 e. The van der Waals surface area contributed by atoms with E-state index in [0.717, 1.165) is 24.0 Å². The Labute approximate surface area is 162 Å². The van der Waals surface area contributed by atoms with Gasteiger partial charge in [0.05, 0.1) is 0 Å². The zero-order valence-corrected chi connectivity index (χ0v) is 15.7. The second-order valence-corrected chi connectivity index (χ2v) is 6.56. The van der Waals surface area contributed by atoms with Crippen molar-refractivity contribution < 1.29 is 9.59 Å². The van der Waals surface area contributed by atoms with E-state index in [2.05, 4.69) is 5.32 Å². The van der Waals surface area contributed by atoms with Crippen molar-refractivity contribution in [1.29, 1.82) is 0 Å². The summed E-state index contributed by atoms with van der Waals surface area (Å²) in [6.45, 7) is 0. The van der Waals surface area contributed by atoms with Crippen LogP contribution in [0.25, 0.3) is 0 Å². The normalized spacial score (nSPS) is 12.8. The monoisotopic (exact) mass is 397 g/mol. The van der Waals surface area contributed by atoms with E-state index in [1.807, 2.05) is 24.3 Å². The maximum absolute atomic E-state index is 11.6. The van der Waals surface area contributed by atoms with E-state index in [1.54, 1.807) is 24.3 Å². The molecule has 1 aliphatic carbocycles. The molecule has 1 amide bonds. The van der Waals surface area contributed by atoms with Gasteiger partial charge >= 0.3 is 0 Å². The molecule has 6 heteroatoms. The number of carbonyl (C=O) groups excluding carboxylic acids is 2. The fraction of sp³-hybridized carbons (Fsp3) is 0.263. The van der Waals surface area contributed by atoms with Gasteiger partial charge in [0.25, 0.3) is 11.1 Å². The number of amides is 1. The Kier molecular flexibility index (Phi) is 7.76. The highest BCUT2D eigenvalue weighted by atomic mass is 35.5. The first-order chi connectivity index (χ1) is 12.0. The van der Waals surface area contributed by atoms with Gasteiger partial charge in [-0.15, -0.1) is 23.2 Å². The van der Waals surface area contributed by atoms with Crippen LogP contribution in [0.3, 0.4) is 0 Å². The van der Waals surface area contributed by atoms with Crippen molar-refractivity contribution in [2.24, 2.45) is 0 Å². The highest BCUT2D eigenvalue weighted by molar-refractivity contribution is 6.67. The number of alkyl halides is 2. The molecule has 2 aromatic carbocycles. The number of carbonyl (C=O) groups is 2. The van der Waals surface area contributed by atoms with E-state index in [-0.39, 0.29) is 5.91 Å². The van der Waals surface area contributed by atoms with Crippen LogP contribution in [0, 0.1) is 0 Å². The quantitative estimate of drug-likeness (QED) is 0.561. The lowest BCUT2D eigenvalue weighted by molar-refractivity contribution is 0.0950. The van der Waals surface area contributed by atoms with E-state index >= 15 is 0 Å². The first-order valence-corrected chi connectivity index (χ1v) is 9.28. The number of halogens is 3. The van der Waals surface area contributed by atoms with Crippen molar-refractivity contribution in [2.45, 2.75) is 30.6 Å². The summed E-state index contributed by atoms with van der Waals surface area (Å²) < 4.78 is 0. The Hall–Kier alpha value is -1.55. The van der Waals surface area contributed by atoms with E-state index < -0.39 is 5.24 Å². The lowest BCUT2D eigenvalue weighted by Crippen LogP contribution is -2.25. The molecule has 0 spiro atoms. The molecule has 1 saturated carbocycles. The van der Waals surface area contributed by atoms with Crippen molar-refractivity contribution >= 4 is 46.0 Å². The van der Waals surface area contributed by atoms with Crippen LogP contribution in [0.15, 0.2) is 48.5 Å². The molecular weight excluding hydrogens is 381 g/mol.